The second-order valence-electron chi connectivity index (χ2n) is 6.91. The van der Waals surface area contributed by atoms with Crippen molar-refractivity contribution in [1.82, 2.24) is 9.88 Å². The van der Waals surface area contributed by atoms with Gasteiger partial charge in [0.25, 0.3) is 0 Å². The molecule has 1 atom stereocenters. The van der Waals surface area contributed by atoms with Crippen LogP contribution in [0.3, 0.4) is 0 Å². The number of aliphatic imine (C=N–C) groups is 1. The molecule has 2 aliphatic rings. The number of fused-ring (bicyclic) bond motifs is 2. The summed E-state index contributed by atoms with van der Waals surface area (Å²) in [7, 11) is 1.73. The van der Waals surface area contributed by atoms with E-state index in [9.17, 15) is 0 Å². The van der Waals surface area contributed by atoms with Crippen molar-refractivity contribution in [3.8, 4) is 17.0 Å². The van der Waals surface area contributed by atoms with Crippen molar-refractivity contribution >= 4 is 16.7 Å². The zero-order chi connectivity index (χ0) is 17.5. The number of hydrogen-bond acceptors (Lipinski definition) is 4. The number of benzene rings is 2. The van der Waals surface area contributed by atoms with Crippen molar-refractivity contribution < 1.29 is 4.74 Å². The summed E-state index contributed by atoms with van der Waals surface area (Å²) in [6, 6.07) is 19.1. The van der Waals surface area contributed by atoms with Gasteiger partial charge in [0.1, 0.15) is 11.5 Å². The lowest BCUT2D eigenvalue weighted by atomic mass is 10.0. The van der Waals surface area contributed by atoms with Gasteiger partial charge in [-0.15, -0.1) is 0 Å². The fraction of sp³-hybridized carbons (Fsp3) is 0.273. The van der Waals surface area contributed by atoms with Crippen LogP contribution in [0.25, 0.3) is 22.2 Å². The van der Waals surface area contributed by atoms with Crippen LogP contribution in [-0.2, 0) is 0 Å². The zero-order valence-electron chi connectivity index (χ0n) is 14.9. The Labute approximate surface area is 153 Å². The molecule has 1 saturated heterocycles. The van der Waals surface area contributed by atoms with Gasteiger partial charge in [-0.25, -0.2) is 4.98 Å². The maximum atomic E-state index is 5.93. The number of hydrogen-bond donors (Lipinski definition) is 0. The van der Waals surface area contributed by atoms with Gasteiger partial charge in [0.05, 0.1) is 30.8 Å². The van der Waals surface area contributed by atoms with Crippen LogP contribution in [0.4, 0.5) is 0 Å². The molecule has 130 valence electrons. The minimum Gasteiger partial charge on any atom is -0.494 e. The highest BCUT2D eigenvalue weighted by Crippen LogP contribution is 2.39. The molecule has 1 aromatic heterocycles. The quantitative estimate of drug-likeness (QED) is 0.717. The minimum atomic E-state index is 0.543. The monoisotopic (exact) mass is 343 g/mol. The summed E-state index contributed by atoms with van der Waals surface area (Å²) in [5, 5.41) is 1.11. The molecule has 4 heteroatoms. The second-order valence-corrected chi connectivity index (χ2v) is 6.91. The Bertz CT molecular complexity index is 997. The van der Waals surface area contributed by atoms with Crippen molar-refractivity contribution in [2.24, 2.45) is 4.99 Å². The summed E-state index contributed by atoms with van der Waals surface area (Å²) in [4.78, 5) is 12.3. The maximum absolute atomic E-state index is 5.93. The van der Waals surface area contributed by atoms with Crippen LogP contribution in [0.15, 0.2) is 59.6 Å². The molecule has 0 saturated carbocycles. The lowest BCUT2D eigenvalue weighted by molar-refractivity contribution is 0.408. The molecule has 1 unspecified atom stereocenters. The van der Waals surface area contributed by atoms with Crippen LogP contribution in [0, 0.1) is 0 Å². The fourth-order valence-electron chi connectivity index (χ4n) is 4.22. The summed E-state index contributed by atoms with van der Waals surface area (Å²) in [5.41, 5.74) is 4.01. The molecule has 0 amide bonds. The highest BCUT2D eigenvalue weighted by atomic mass is 16.5. The van der Waals surface area contributed by atoms with E-state index in [1.165, 1.54) is 12.8 Å². The van der Waals surface area contributed by atoms with E-state index in [0.717, 1.165) is 52.4 Å². The highest BCUT2D eigenvalue weighted by molar-refractivity contribution is 6.13. The number of para-hydroxylation sites is 1. The lowest BCUT2D eigenvalue weighted by Crippen LogP contribution is -2.32. The number of aromatic nitrogens is 1. The van der Waals surface area contributed by atoms with Crippen LogP contribution < -0.4 is 4.74 Å². The van der Waals surface area contributed by atoms with Crippen LogP contribution in [0.5, 0.6) is 5.75 Å². The molecule has 0 N–H and O–H groups in total. The Balaban J connectivity index is 1.81. The zero-order valence-corrected chi connectivity index (χ0v) is 14.9. The van der Waals surface area contributed by atoms with Crippen molar-refractivity contribution in [3.63, 3.8) is 0 Å². The first kappa shape index (κ1) is 15.4. The molecule has 0 aliphatic carbocycles. The van der Waals surface area contributed by atoms with E-state index in [-0.39, 0.29) is 0 Å². The fourth-order valence-corrected chi connectivity index (χ4v) is 4.22. The van der Waals surface area contributed by atoms with E-state index in [0.29, 0.717) is 6.04 Å². The molecule has 26 heavy (non-hydrogen) atoms. The van der Waals surface area contributed by atoms with Crippen LogP contribution in [-0.4, -0.2) is 42.0 Å². The third-order valence-corrected chi connectivity index (χ3v) is 5.42. The molecule has 0 radical (unpaired) electrons. The number of rotatable bonds is 3. The SMILES string of the molecule is COc1c(-c2ccccc2)nc2ccccc2c1C1=NCC2CCCN12. The first-order valence-corrected chi connectivity index (χ1v) is 9.20. The first-order chi connectivity index (χ1) is 12.9. The molecule has 4 nitrogen and oxygen atoms in total. The Morgan fingerprint density at radius 2 is 1.85 bits per heavy atom. The topological polar surface area (TPSA) is 37.7 Å². The van der Waals surface area contributed by atoms with Gasteiger partial charge in [0.2, 0.25) is 0 Å². The molecule has 2 aliphatic heterocycles. The van der Waals surface area contributed by atoms with Gasteiger partial charge in [0.15, 0.2) is 5.75 Å². The van der Waals surface area contributed by atoms with Gasteiger partial charge in [-0.1, -0.05) is 48.5 Å². The molecule has 0 bridgehead atoms. The summed E-state index contributed by atoms with van der Waals surface area (Å²) >= 11 is 0. The Hall–Kier alpha value is -2.88. The Morgan fingerprint density at radius 3 is 2.69 bits per heavy atom. The highest BCUT2D eigenvalue weighted by Gasteiger charge is 2.35. The Morgan fingerprint density at radius 1 is 1.04 bits per heavy atom. The number of ether oxygens (including phenoxy) is 1. The van der Waals surface area contributed by atoms with Crippen LogP contribution >= 0.6 is 0 Å². The molecule has 0 spiro atoms. The molecule has 1 fully saturated rings. The number of amidine groups is 1. The van der Waals surface area contributed by atoms with Crippen molar-refractivity contribution in [3.05, 3.63) is 60.2 Å². The maximum Gasteiger partial charge on any atom is 0.156 e. The second kappa shape index (κ2) is 6.13. The van der Waals surface area contributed by atoms with Crippen LogP contribution in [0.1, 0.15) is 18.4 Å². The molecule has 5 rings (SSSR count). The minimum absolute atomic E-state index is 0.543. The summed E-state index contributed by atoms with van der Waals surface area (Å²) < 4.78 is 5.93. The van der Waals surface area contributed by atoms with Gasteiger partial charge in [-0.3, -0.25) is 4.99 Å². The third kappa shape index (κ3) is 2.29. The standard InChI is InChI=1S/C22H21N3O/c1-26-21-19(22-23-14-16-10-7-13-25(16)22)17-11-5-6-12-18(17)24-20(21)15-8-3-2-4-9-15/h2-6,8-9,11-12,16H,7,10,13-14H2,1H3. The summed E-state index contributed by atoms with van der Waals surface area (Å²) in [5.74, 6) is 1.89. The first-order valence-electron chi connectivity index (χ1n) is 9.20. The number of nitrogens with zero attached hydrogens (tertiary/aromatic N) is 3. The van der Waals surface area contributed by atoms with E-state index in [1.807, 2.05) is 24.3 Å². The van der Waals surface area contributed by atoms with Crippen LogP contribution in [0.2, 0.25) is 0 Å². The molecule has 3 heterocycles. The summed E-state index contributed by atoms with van der Waals surface area (Å²) in [6.07, 6.45) is 2.46. The van der Waals surface area contributed by atoms with Gasteiger partial charge >= 0.3 is 0 Å². The van der Waals surface area contributed by atoms with Crippen molar-refractivity contribution in [2.75, 3.05) is 20.2 Å². The van der Waals surface area contributed by atoms with E-state index in [1.54, 1.807) is 7.11 Å². The average molecular weight is 343 g/mol. The molecular formula is C22H21N3O. The number of methoxy groups -OCH3 is 1. The number of pyridine rings is 1. The van der Waals surface area contributed by atoms with Gasteiger partial charge < -0.3 is 9.64 Å². The van der Waals surface area contributed by atoms with Crippen molar-refractivity contribution in [2.45, 2.75) is 18.9 Å². The van der Waals surface area contributed by atoms with E-state index in [4.69, 9.17) is 14.7 Å². The van der Waals surface area contributed by atoms with Gasteiger partial charge in [-0.2, -0.15) is 0 Å². The van der Waals surface area contributed by atoms with E-state index in [2.05, 4.69) is 35.2 Å². The molecular weight excluding hydrogens is 322 g/mol. The predicted octanol–water partition coefficient (Wildman–Crippen LogP) is 4.14. The van der Waals surface area contributed by atoms with Gasteiger partial charge in [-0.05, 0) is 18.9 Å². The van der Waals surface area contributed by atoms with Gasteiger partial charge in [0, 0.05) is 17.5 Å². The largest absolute Gasteiger partial charge is 0.494 e. The van der Waals surface area contributed by atoms with E-state index >= 15 is 0 Å². The Kier molecular flexibility index (Phi) is 3.63. The molecule has 2 aromatic carbocycles. The molecule has 3 aromatic rings. The van der Waals surface area contributed by atoms with Crippen molar-refractivity contribution in [1.29, 1.82) is 0 Å². The normalized spacial score (nSPS) is 18.9. The smallest absolute Gasteiger partial charge is 0.156 e. The summed E-state index contributed by atoms with van der Waals surface area (Å²) in [6.45, 7) is 1.96. The third-order valence-electron chi connectivity index (χ3n) is 5.42. The predicted molar refractivity (Wildman–Crippen MR) is 105 cm³/mol. The lowest BCUT2D eigenvalue weighted by Gasteiger charge is -2.23. The van der Waals surface area contributed by atoms with E-state index < -0.39 is 0 Å². The average Bonchev–Trinajstić information content (AvgIpc) is 3.31.